The molecule has 0 radical (unpaired) electrons. The van der Waals surface area contributed by atoms with E-state index in [0.717, 1.165) is 31.6 Å². The fraction of sp³-hybridized carbons (Fsp3) is 0.476. The molecule has 0 saturated carbocycles. The fourth-order valence-corrected chi connectivity index (χ4v) is 4.22. The Labute approximate surface area is 174 Å². The summed E-state index contributed by atoms with van der Waals surface area (Å²) < 4.78 is 1.50. The second-order valence-corrected chi connectivity index (χ2v) is 8.21. The van der Waals surface area contributed by atoms with E-state index in [2.05, 4.69) is 10.00 Å². The molecule has 2 saturated heterocycles. The van der Waals surface area contributed by atoms with Gasteiger partial charge in [-0.3, -0.25) is 9.59 Å². The SMILES string of the molecule is O=C(c1ccc(Cl)cc1)N1CCCC(n2ncc(N3CCC(O)CC3)cc2=O)C1. The second-order valence-electron chi connectivity index (χ2n) is 7.77. The van der Waals surface area contributed by atoms with Crippen molar-refractivity contribution in [1.29, 1.82) is 0 Å². The number of aromatic nitrogens is 2. The number of carbonyl (C=O) groups excluding carboxylic acids is 1. The minimum atomic E-state index is -0.258. The lowest BCUT2D eigenvalue weighted by molar-refractivity contribution is 0.0670. The van der Waals surface area contributed by atoms with Crippen LogP contribution in [0.15, 0.2) is 41.3 Å². The van der Waals surface area contributed by atoms with Gasteiger partial charge in [-0.15, -0.1) is 0 Å². The maximum Gasteiger partial charge on any atom is 0.269 e. The molecule has 4 rings (SSSR count). The highest BCUT2D eigenvalue weighted by molar-refractivity contribution is 6.30. The highest BCUT2D eigenvalue weighted by Gasteiger charge is 2.27. The van der Waals surface area contributed by atoms with Crippen LogP contribution in [-0.4, -0.2) is 58.0 Å². The van der Waals surface area contributed by atoms with Gasteiger partial charge < -0.3 is 14.9 Å². The summed E-state index contributed by atoms with van der Waals surface area (Å²) in [5.41, 5.74) is 1.24. The summed E-state index contributed by atoms with van der Waals surface area (Å²) in [7, 11) is 0. The monoisotopic (exact) mass is 416 g/mol. The van der Waals surface area contributed by atoms with E-state index in [9.17, 15) is 14.7 Å². The number of hydrogen-bond donors (Lipinski definition) is 1. The van der Waals surface area contributed by atoms with Crippen LogP contribution in [0.3, 0.4) is 0 Å². The first kappa shape index (κ1) is 19.9. The normalized spacial score (nSPS) is 20.7. The number of anilines is 1. The van der Waals surface area contributed by atoms with Crippen molar-refractivity contribution in [2.45, 2.75) is 37.8 Å². The molecule has 0 aliphatic carbocycles. The molecule has 1 amide bonds. The van der Waals surface area contributed by atoms with Gasteiger partial charge in [0.2, 0.25) is 0 Å². The lowest BCUT2D eigenvalue weighted by atomic mass is 10.0. The first-order chi connectivity index (χ1) is 14.0. The number of halogens is 1. The van der Waals surface area contributed by atoms with Crippen molar-refractivity contribution in [1.82, 2.24) is 14.7 Å². The van der Waals surface area contributed by atoms with Gasteiger partial charge in [-0.05, 0) is 49.9 Å². The van der Waals surface area contributed by atoms with E-state index in [0.29, 0.717) is 36.5 Å². The number of rotatable bonds is 3. The Morgan fingerprint density at radius 2 is 1.83 bits per heavy atom. The van der Waals surface area contributed by atoms with Gasteiger partial charge in [-0.1, -0.05) is 11.6 Å². The Hall–Kier alpha value is -2.38. The van der Waals surface area contributed by atoms with E-state index in [1.165, 1.54) is 4.68 Å². The van der Waals surface area contributed by atoms with Crippen molar-refractivity contribution in [3.05, 3.63) is 57.5 Å². The van der Waals surface area contributed by atoms with Gasteiger partial charge in [0.1, 0.15) is 0 Å². The largest absolute Gasteiger partial charge is 0.393 e. The number of amides is 1. The molecule has 29 heavy (non-hydrogen) atoms. The summed E-state index contributed by atoms with van der Waals surface area (Å²) in [6.07, 6.45) is 4.50. The topological polar surface area (TPSA) is 78.7 Å². The van der Waals surface area contributed by atoms with Gasteiger partial charge in [0.25, 0.3) is 11.5 Å². The van der Waals surface area contributed by atoms with E-state index < -0.39 is 0 Å². The summed E-state index contributed by atoms with van der Waals surface area (Å²) >= 11 is 5.91. The molecule has 2 aliphatic heterocycles. The highest BCUT2D eigenvalue weighted by Crippen LogP contribution is 2.23. The molecule has 0 bridgehead atoms. The molecule has 7 nitrogen and oxygen atoms in total. The van der Waals surface area contributed by atoms with Crippen molar-refractivity contribution in [2.24, 2.45) is 0 Å². The molecule has 2 aromatic rings. The van der Waals surface area contributed by atoms with Crippen LogP contribution in [0, 0.1) is 0 Å². The van der Waals surface area contributed by atoms with Crippen molar-refractivity contribution >= 4 is 23.2 Å². The Balaban J connectivity index is 1.47. The molecule has 1 aromatic carbocycles. The van der Waals surface area contributed by atoms with E-state index in [1.807, 2.05) is 0 Å². The Bertz CT molecular complexity index is 922. The minimum absolute atomic E-state index is 0.0529. The number of likely N-dealkylation sites (tertiary alicyclic amines) is 1. The Morgan fingerprint density at radius 3 is 2.52 bits per heavy atom. The zero-order chi connectivity index (χ0) is 20.4. The number of nitrogens with zero attached hydrogens (tertiary/aromatic N) is 4. The lowest BCUT2D eigenvalue weighted by Crippen LogP contribution is -2.44. The van der Waals surface area contributed by atoms with Gasteiger partial charge in [0.15, 0.2) is 0 Å². The van der Waals surface area contributed by atoms with Crippen molar-refractivity contribution in [3.8, 4) is 0 Å². The Morgan fingerprint density at radius 1 is 1.10 bits per heavy atom. The third-order valence-corrected chi connectivity index (χ3v) is 6.01. The zero-order valence-corrected chi connectivity index (χ0v) is 17.0. The van der Waals surface area contributed by atoms with Crippen molar-refractivity contribution in [2.75, 3.05) is 31.1 Å². The molecule has 8 heteroatoms. The average molecular weight is 417 g/mol. The maximum absolute atomic E-state index is 12.8. The van der Waals surface area contributed by atoms with E-state index >= 15 is 0 Å². The van der Waals surface area contributed by atoms with Gasteiger partial charge in [0, 0.05) is 42.8 Å². The average Bonchev–Trinajstić information content (AvgIpc) is 2.74. The van der Waals surface area contributed by atoms with Crippen LogP contribution in [0.1, 0.15) is 42.1 Å². The summed E-state index contributed by atoms with van der Waals surface area (Å²) in [4.78, 5) is 29.4. The molecule has 0 spiro atoms. The van der Waals surface area contributed by atoms with Crippen LogP contribution < -0.4 is 10.5 Å². The first-order valence-corrected chi connectivity index (χ1v) is 10.5. The van der Waals surface area contributed by atoms with Gasteiger partial charge in [-0.2, -0.15) is 5.10 Å². The maximum atomic E-state index is 12.8. The molecule has 1 N–H and O–H groups in total. The number of benzene rings is 1. The molecule has 1 atom stereocenters. The van der Waals surface area contributed by atoms with E-state index in [4.69, 9.17) is 11.6 Å². The highest BCUT2D eigenvalue weighted by atomic mass is 35.5. The Kier molecular flexibility index (Phi) is 5.87. The number of hydrogen-bond acceptors (Lipinski definition) is 5. The van der Waals surface area contributed by atoms with Crippen LogP contribution in [-0.2, 0) is 0 Å². The smallest absolute Gasteiger partial charge is 0.269 e. The minimum Gasteiger partial charge on any atom is -0.393 e. The molecule has 2 fully saturated rings. The van der Waals surface area contributed by atoms with E-state index in [1.54, 1.807) is 41.4 Å². The molecule has 1 unspecified atom stereocenters. The summed E-state index contributed by atoms with van der Waals surface area (Å²) in [6, 6.07) is 8.35. The zero-order valence-electron chi connectivity index (χ0n) is 16.2. The lowest BCUT2D eigenvalue weighted by Gasteiger charge is -2.34. The van der Waals surface area contributed by atoms with Crippen LogP contribution in [0.5, 0.6) is 0 Å². The third-order valence-electron chi connectivity index (χ3n) is 5.76. The van der Waals surface area contributed by atoms with Crippen LogP contribution >= 0.6 is 11.6 Å². The molecular formula is C21H25ClN4O3. The molecule has 1 aromatic heterocycles. The van der Waals surface area contributed by atoms with E-state index in [-0.39, 0.29) is 23.6 Å². The van der Waals surface area contributed by atoms with Crippen LogP contribution in [0.2, 0.25) is 5.02 Å². The fourth-order valence-electron chi connectivity index (χ4n) is 4.09. The molecule has 154 valence electrons. The third kappa shape index (κ3) is 4.46. The molecule has 2 aliphatic rings. The van der Waals surface area contributed by atoms with Gasteiger partial charge in [-0.25, -0.2) is 4.68 Å². The second kappa shape index (κ2) is 8.55. The van der Waals surface area contributed by atoms with Crippen molar-refractivity contribution in [3.63, 3.8) is 0 Å². The quantitative estimate of drug-likeness (QED) is 0.830. The number of aliphatic hydroxyl groups excluding tert-OH is 1. The standard InChI is InChI=1S/C21H25ClN4O3/c22-16-5-3-15(4-6-16)21(29)25-9-1-2-17(14-25)26-20(28)12-18(13-23-26)24-10-7-19(27)8-11-24/h3-6,12-13,17,19,27H,1-2,7-11,14H2. The van der Waals surface area contributed by atoms with Gasteiger partial charge >= 0.3 is 0 Å². The summed E-state index contributed by atoms with van der Waals surface area (Å²) in [5, 5.41) is 14.7. The number of piperidine rings is 2. The van der Waals surface area contributed by atoms with Crippen LogP contribution in [0.25, 0.3) is 0 Å². The first-order valence-electron chi connectivity index (χ1n) is 10.1. The summed E-state index contributed by atoms with van der Waals surface area (Å²) in [5.74, 6) is -0.0529. The predicted molar refractivity (Wildman–Crippen MR) is 112 cm³/mol. The summed E-state index contributed by atoms with van der Waals surface area (Å²) in [6.45, 7) is 2.57. The predicted octanol–water partition coefficient (Wildman–Crippen LogP) is 2.34. The number of aliphatic hydroxyl groups is 1. The van der Waals surface area contributed by atoms with Crippen molar-refractivity contribution < 1.29 is 9.90 Å². The molecule has 3 heterocycles. The van der Waals surface area contributed by atoms with Gasteiger partial charge in [0.05, 0.1) is 24.0 Å². The van der Waals surface area contributed by atoms with Crippen LogP contribution in [0.4, 0.5) is 5.69 Å². The molecular weight excluding hydrogens is 392 g/mol. The number of carbonyl (C=O) groups is 1.